The first kappa shape index (κ1) is 17.5. The number of rotatable bonds is 5. The highest BCUT2D eigenvalue weighted by Crippen LogP contribution is 2.37. The van der Waals surface area contributed by atoms with Gasteiger partial charge >= 0.3 is 0 Å². The van der Waals surface area contributed by atoms with E-state index >= 15 is 0 Å². The van der Waals surface area contributed by atoms with E-state index in [1.54, 1.807) is 0 Å². The van der Waals surface area contributed by atoms with Crippen LogP contribution in [-0.4, -0.2) is 24.5 Å². The molecule has 0 aromatic heterocycles. The van der Waals surface area contributed by atoms with Crippen molar-refractivity contribution in [3.05, 3.63) is 0 Å². The molecule has 2 N–H and O–H groups in total. The van der Waals surface area contributed by atoms with Crippen LogP contribution >= 0.6 is 0 Å². The Morgan fingerprint density at radius 2 is 1.75 bits per heavy atom. The molecule has 1 aliphatic carbocycles. The van der Waals surface area contributed by atoms with Crippen LogP contribution in [0.25, 0.3) is 0 Å². The van der Waals surface area contributed by atoms with Gasteiger partial charge in [-0.15, -0.1) is 0 Å². The molecule has 0 heterocycles. The molecule has 0 bridgehead atoms. The van der Waals surface area contributed by atoms with Crippen LogP contribution < -0.4 is 10.6 Å². The number of nitrogens with one attached hydrogen (secondary N) is 2. The van der Waals surface area contributed by atoms with E-state index in [-0.39, 0.29) is 11.9 Å². The fourth-order valence-corrected chi connectivity index (χ4v) is 3.11. The average molecular weight is 282 g/mol. The highest BCUT2D eigenvalue weighted by molar-refractivity contribution is 5.78. The van der Waals surface area contributed by atoms with Crippen molar-refractivity contribution in [3.8, 4) is 0 Å². The zero-order chi connectivity index (χ0) is 15.3. The zero-order valence-electron chi connectivity index (χ0n) is 14.3. The van der Waals surface area contributed by atoms with Crippen LogP contribution in [0.2, 0.25) is 0 Å². The van der Waals surface area contributed by atoms with Gasteiger partial charge in [-0.1, -0.05) is 47.5 Å². The lowest BCUT2D eigenvalue weighted by Gasteiger charge is -2.41. The van der Waals surface area contributed by atoms with Crippen molar-refractivity contribution in [2.24, 2.45) is 17.3 Å². The third-order valence-corrected chi connectivity index (χ3v) is 4.79. The predicted molar refractivity (Wildman–Crippen MR) is 85.6 cm³/mol. The molecule has 0 saturated heterocycles. The number of carbonyl (C=O) groups is 1. The van der Waals surface area contributed by atoms with Crippen molar-refractivity contribution in [3.63, 3.8) is 0 Å². The molecule has 0 aromatic carbocycles. The van der Waals surface area contributed by atoms with Crippen LogP contribution in [0.4, 0.5) is 0 Å². The van der Waals surface area contributed by atoms with Crippen LogP contribution in [0.1, 0.15) is 67.2 Å². The van der Waals surface area contributed by atoms with Gasteiger partial charge in [-0.3, -0.25) is 4.79 Å². The van der Waals surface area contributed by atoms with Gasteiger partial charge in [0, 0.05) is 12.1 Å². The molecule has 20 heavy (non-hydrogen) atoms. The second-order valence-corrected chi connectivity index (χ2v) is 7.84. The SMILES string of the molecule is CC(C)C(C)NC(=O)CNC1CCCCC1C(C)(C)C. The summed E-state index contributed by atoms with van der Waals surface area (Å²) >= 11 is 0. The molecule has 1 saturated carbocycles. The van der Waals surface area contributed by atoms with E-state index in [0.29, 0.717) is 29.8 Å². The monoisotopic (exact) mass is 282 g/mol. The molecule has 3 atom stereocenters. The molecule has 3 heteroatoms. The third-order valence-electron chi connectivity index (χ3n) is 4.79. The van der Waals surface area contributed by atoms with Gasteiger partial charge in [0.15, 0.2) is 0 Å². The lowest BCUT2D eigenvalue weighted by molar-refractivity contribution is -0.121. The van der Waals surface area contributed by atoms with Gasteiger partial charge < -0.3 is 10.6 Å². The van der Waals surface area contributed by atoms with Crippen LogP contribution in [0.15, 0.2) is 0 Å². The van der Waals surface area contributed by atoms with Gasteiger partial charge in [0.1, 0.15) is 0 Å². The molecule has 0 radical (unpaired) electrons. The average Bonchev–Trinajstić information content (AvgIpc) is 2.35. The Bertz CT molecular complexity index is 307. The van der Waals surface area contributed by atoms with E-state index in [1.807, 2.05) is 0 Å². The summed E-state index contributed by atoms with van der Waals surface area (Å²) in [5.41, 5.74) is 0.319. The van der Waals surface area contributed by atoms with E-state index in [2.05, 4.69) is 52.2 Å². The highest BCUT2D eigenvalue weighted by Gasteiger charge is 2.33. The molecule has 3 nitrogen and oxygen atoms in total. The van der Waals surface area contributed by atoms with Gasteiger partial charge in [0.2, 0.25) is 5.91 Å². The Hall–Kier alpha value is -0.570. The topological polar surface area (TPSA) is 41.1 Å². The number of carbonyl (C=O) groups excluding carboxylic acids is 1. The molecule has 0 aromatic rings. The van der Waals surface area contributed by atoms with Crippen LogP contribution in [0, 0.1) is 17.3 Å². The summed E-state index contributed by atoms with van der Waals surface area (Å²) in [6, 6.07) is 0.734. The van der Waals surface area contributed by atoms with Crippen LogP contribution in [-0.2, 0) is 4.79 Å². The van der Waals surface area contributed by atoms with Crippen LogP contribution in [0.3, 0.4) is 0 Å². The third kappa shape index (κ3) is 5.43. The quantitative estimate of drug-likeness (QED) is 0.812. The second-order valence-electron chi connectivity index (χ2n) is 7.84. The number of hydrogen-bond acceptors (Lipinski definition) is 2. The van der Waals surface area contributed by atoms with Gasteiger partial charge in [-0.2, -0.15) is 0 Å². The van der Waals surface area contributed by atoms with Crippen molar-refractivity contribution in [2.45, 2.75) is 79.3 Å². The van der Waals surface area contributed by atoms with E-state index in [1.165, 1.54) is 25.7 Å². The maximum Gasteiger partial charge on any atom is 0.234 e. The van der Waals surface area contributed by atoms with Gasteiger partial charge in [0.05, 0.1) is 6.54 Å². The Labute approximate surface area is 125 Å². The minimum atomic E-state index is 0.129. The summed E-state index contributed by atoms with van der Waals surface area (Å²) < 4.78 is 0. The van der Waals surface area contributed by atoms with Gasteiger partial charge in [-0.05, 0) is 37.0 Å². The van der Waals surface area contributed by atoms with Crippen LogP contribution in [0.5, 0.6) is 0 Å². The zero-order valence-corrected chi connectivity index (χ0v) is 14.3. The molecule has 1 amide bonds. The van der Waals surface area contributed by atoms with E-state index in [0.717, 1.165) is 0 Å². The molecular formula is C17H34N2O. The van der Waals surface area contributed by atoms with E-state index in [9.17, 15) is 4.79 Å². The molecule has 0 spiro atoms. The molecule has 118 valence electrons. The number of hydrogen-bond donors (Lipinski definition) is 2. The highest BCUT2D eigenvalue weighted by atomic mass is 16.1. The second kappa shape index (κ2) is 7.44. The molecule has 1 rings (SSSR count). The lowest BCUT2D eigenvalue weighted by Crippen LogP contribution is -2.49. The summed E-state index contributed by atoms with van der Waals surface area (Å²) in [4.78, 5) is 12.0. The molecule has 3 unspecified atom stereocenters. The van der Waals surface area contributed by atoms with Crippen molar-refractivity contribution >= 4 is 5.91 Å². The Morgan fingerprint density at radius 3 is 2.30 bits per heavy atom. The summed E-state index contributed by atoms with van der Waals surface area (Å²) in [5.74, 6) is 1.28. The fourth-order valence-electron chi connectivity index (χ4n) is 3.11. The molecule has 1 aliphatic rings. The first-order chi connectivity index (χ1) is 9.21. The Kier molecular flexibility index (Phi) is 6.50. The van der Waals surface area contributed by atoms with Crippen molar-refractivity contribution in [2.75, 3.05) is 6.54 Å². The van der Waals surface area contributed by atoms with Crippen molar-refractivity contribution in [1.29, 1.82) is 0 Å². The van der Waals surface area contributed by atoms with Gasteiger partial charge in [0.25, 0.3) is 0 Å². The first-order valence-corrected chi connectivity index (χ1v) is 8.24. The summed E-state index contributed by atoms with van der Waals surface area (Å²) in [5, 5.41) is 6.58. The first-order valence-electron chi connectivity index (χ1n) is 8.24. The molecule has 1 fully saturated rings. The van der Waals surface area contributed by atoms with Crippen molar-refractivity contribution in [1.82, 2.24) is 10.6 Å². The smallest absolute Gasteiger partial charge is 0.234 e. The van der Waals surface area contributed by atoms with E-state index in [4.69, 9.17) is 0 Å². The fraction of sp³-hybridized carbons (Fsp3) is 0.941. The predicted octanol–water partition coefficient (Wildman–Crippen LogP) is 3.34. The summed E-state index contributed by atoms with van der Waals surface area (Å²) in [7, 11) is 0. The standard InChI is InChI=1S/C17H34N2O/c1-12(2)13(3)19-16(20)11-18-15-10-8-7-9-14(15)17(4,5)6/h12-15,18H,7-11H2,1-6H3,(H,19,20). The lowest BCUT2D eigenvalue weighted by atomic mass is 9.69. The normalized spacial score (nSPS) is 25.6. The maximum absolute atomic E-state index is 12.0. The minimum Gasteiger partial charge on any atom is -0.352 e. The van der Waals surface area contributed by atoms with Crippen molar-refractivity contribution < 1.29 is 4.79 Å². The largest absolute Gasteiger partial charge is 0.352 e. The minimum absolute atomic E-state index is 0.129. The Morgan fingerprint density at radius 1 is 1.15 bits per heavy atom. The van der Waals surface area contributed by atoms with Gasteiger partial charge in [-0.25, -0.2) is 0 Å². The summed E-state index contributed by atoms with van der Waals surface area (Å²) in [6.45, 7) is 13.7. The maximum atomic E-state index is 12.0. The molecule has 0 aliphatic heterocycles. The number of amides is 1. The van der Waals surface area contributed by atoms with E-state index < -0.39 is 0 Å². The Balaban J connectivity index is 2.44. The summed E-state index contributed by atoms with van der Waals surface area (Å²) in [6.07, 6.45) is 5.10. The molecular weight excluding hydrogens is 248 g/mol.